The van der Waals surface area contributed by atoms with Crippen molar-refractivity contribution in [3.8, 4) is 0 Å². The molecule has 2 N–H and O–H groups in total. The van der Waals surface area contributed by atoms with E-state index < -0.39 is 0 Å². The van der Waals surface area contributed by atoms with Gasteiger partial charge in [-0.2, -0.15) is 0 Å². The summed E-state index contributed by atoms with van der Waals surface area (Å²) < 4.78 is 12.9. The Morgan fingerprint density at radius 1 is 1.54 bits per heavy atom. The van der Waals surface area contributed by atoms with E-state index in [1.54, 1.807) is 6.07 Å². The fraction of sp³-hybridized carbons (Fsp3) is 0.273. The molecule has 0 saturated carbocycles. The van der Waals surface area contributed by atoms with Crippen LogP contribution in [0.15, 0.2) is 24.8 Å². The maximum Gasteiger partial charge on any atom is 0.123 e. The molecule has 0 aliphatic rings. The number of hydrogen-bond acceptors (Lipinski definition) is 1. The first-order chi connectivity index (χ1) is 6.02. The van der Waals surface area contributed by atoms with Crippen LogP contribution in [0.25, 0.3) is 5.57 Å². The molecule has 0 radical (unpaired) electrons. The first-order valence-electron chi connectivity index (χ1n) is 4.23. The molecule has 1 unspecified atom stereocenters. The fourth-order valence-electron chi connectivity index (χ4n) is 1.30. The lowest BCUT2D eigenvalue weighted by molar-refractivity contribution is 0.625. The molecule has 0 aliphatic heterocycles. The van der Waals surface area contributed by atoms with Crippen molar-refractivity contribution in [1.29, 1.82) is 0 Å². The highest BCUT2D eigenvalue weighted by atomic mass is 19.1. The van der Waals surface area contributed by atoms with E-state index in [-0.39, 0.29) is 11.9 Å². The molecule has 0 heterocycles. The van der Waals surface area contributed by atoms with E-state index in [0.29, 0.717) is 0 Å². The summed E-state index contributed by atoms with van der Waals surface area (Å²) in [5.41, 5.74) is 8.33. The first-order valence-corrected chi connectivity index (χ1v) is 4.23. The van der Waals surface area contributed by atoms with Gasteiger partial charge in [0.1, 0.15) is 5.82 Å². The molecular formula is C11H14FN. The monoisotopic (exact) mass is 179 g/mol. The minimum Gasteiger partial charge on any atom is -0.324 e. The van der Waals surface area contributed by atoms with Crippen molar-refractivity contribution >= 4 is 5.57 Å². The highest BCUT2D eigenvalue weighted by molar-refractivity contribution is 5.65. The summed E-state index contributed by atoms with van der Waals surface area (Å²) >= 11 is 0. The number of allylic oxidation sites excluding steroid dienone is 1. The molecule has 0 fully saturated rings. The van der Waals surface area contributed by atoms with E-state index >= 15 is 0 Å². The fourth-order valence-corrected chi connectivity index (χ4v) is 1.30. The highest BCUT2D eigenvalue weighted by Gasteiger charge is 2.07. The molecule has 1 atom stereocenters. The molecule has 2 heteroatoms. The number of halogens is 1. The van der Waals surface area contributed by atoms with Crippen LogP contribution in [0.5, 0.6) is 0 Å². The molecule has 0 aromatic heterocycles. The molecule has 0 amide bonds. The minimum atomic E-state index is -0.248. The first kappa shape index (κ1) is 9.93. The molecule has 1 aromatic carbocycles. The average molecular weight is 179 g/mol. The zero-order valence-corrected chi connectivity index (χ0v) is 7.97. The van der Waals surface area contributed by atoms with Gasteiger partial charge in [-0.05, 0) is 37.1 Å². The minimum absolute atomic E-state index is 0.0905. The van der Waals surface area contributed by atoms with Gasteiger partial charge in [-0.25, -0.2) is 4.39 Å². The second kappa shape index (κ2) is 3.71. The van der Waals surface area contributed by atoms with E-state index in [1.807, 2.05) is 13.8 Å². The third-order valence-electron chi connectivity index (χ3n) is 1.97. The lowest BCUT2D eigenvalue weighted by atomic mass is 9.97. The van der Waals surface area contributed by atoms with Gasteiger partial charge in [0.2, 0.25) is 0 Å². The summed E-state index contributed by atoms with van der Waals surface area (Å²) in [6.07, 6.45) is 0. The van der Waals surface area contributed by atoms with Gasteiger partial charge >= 0.3 is 0 Å². The lowest BCUT2D eigenvalue weighted by Gasteiger charge is -2.12. The van der Waals surface area contributed by atoms with E-state index in [1.165, 1.54) is 12.1 Å². The van der Waals surface area contributed by atoms with E-state index in [0.717, 1.165) is 16.7 Å². The Kier molecular flexibility index (Phi) is 2.83. The van der Waals surface area contributed by atoms with Gasteiger partial charge in [-0.3, -0.25) is 0 Å². The summed E-state index contributed by atoms with van der Waals surface area (Å²) in [7, 11) is 0. The summed E-state index contributed by atoms with van der Waals surface area (Å²) in [5, 5.41) is 0. The van der Waals surface area contributed by atoms with Crippen molar-refractivity contribution in [3.63, 3.8) is 0 Å². The van der Waals surface area contributed by atoms with E-state index in [4.69, 9.17) is 5.73 Å². The summed E-state index contributed by atoms with van der Waals surface area (Å²) in [6, 6.07) is 4.52. The molecule has 0 saturated heterocycles. The summed E-state index contributed by atoms with van der Waals surface area (Å²) in [4.78, 5) is 0. The average Bonchev–Trinajstić information content (AvgIpc) is 2.03. The maximum atomic E-state index is 12.9. The third kappa shape index (κ3) is 2.16. The molecule has 1 rings (SSSR count). The summed E-state index contributed by atoms with van der Waals surface area (Å²) in [6.45, 7) is 7.51. The van der Waals surface area contributed by atoms with Crippen LogP contribution < -0.4 is 5.73 Å². The van der Waals surface area contributed by atoms with Crippen LogP contribution in [0.2, 0.25) is 0 Å². The lowest BCUT2D eigenvalue weighted by Crippen LogP contribution is -2.07. The molecule has 13 heavy (non-hydrogen) atoms. The SMILES string of the molecule is C=C(C)c1cc(F)ccc1C(C)N. The van der Waals surface area contributed by atoms with Gasteiger partial charge in [-0.1, -0.05) is 18.2 Å². The van der Waals surface area contributed by atoms with Gasteiger partial charge in [0.15, 0.2) is 0 Å². The van der Waals surface area contributed by atoms with Gasteiger partial charge in [0.25, 0.3) is 0 Å². The van der Waals surface area contributed by atoms with Crippen LogP contribution in [0.3, 0.4) is 0 Å². The number of rotatable bonds is 2. The smallest absolute Gasteiger partial charge is 0.123 e. The summed E-state index contributed by atoms with van der Waals surface area (Å²) in [5.74, 6) is -0.248. The van der Waals surface area contributed by atoms with Crippen molar-refractivity contribution in [2.75, 3.05) is 0 Å². The Bertz CT molecular complexity index is 329. The Morgan fingerprint density at radius 2 is 2.15 bits per heavy atom. The van der Waals surface area contributed by atoms with Crippen LogP contribution in [-0.2, 0) is 0 Å². The maximum absolute atomic E-state index is 12.9. The van der Waals surface area contributed by atoms with Crippen LogP contribution in [-0.4, -0.2) is 0 Å². The number of benzene rings is 1. The largest absolute Gasteiger partial charge is 0.324 e. The van der Waals surface area contributed by atoms with Crippen LogP contribution in [0, 0.1) is 5.82 Å². The Hall–Kier alpha value is -1.15. The topological polar surface area (TPSA) is 26.0 Å². The van der Waals surface area contributed by atoms with Gasteiger partial charge in [0.05, 0.1) is 0 Å². The molecule has 1 nitrogen and oxygen atoms in total. The normalized spacial score (nSPS) is 12.6. The van der Waals surface area contributed by atoms with Crippen LogP contribution in [0.4, 0.5) is 4.39 Å². The van der Waals surface area contributed by atoms with Crippen LogP contribution in [0.1, 0.15) is 31.0 Å². The molecule has 0 spiro atoms. The van der Waals surface area contributed by atoms with Crippen molar-refractivity contribution in [3.05, 3.63) is 41.7 Å². The van der Waals surface area contributed by atoms with E-state index in [9.17, 15) is 4.39 Å². The predicted octanol–water partition coefficient (Wildman–Crippen LogP) is 2.88. The Morgan fingerprint density at radius 3 is 2.62 bits per heavy atom. The van der Waals surface area contributed by atoms with Crippen molar-refractivity contribution in [2.45, 2.75) is 19.9 Å². The quantitative estimate of drug-likeness (QED) is 0.742. The molecule has 0 bridgehead atoms. The Labute approximate surface area is 78.1 Å². The van der Waals surface area contributed by atoms with Gasteiger partial charge in [-0.15, -0.1) is 0 Å². The molecular weight excluding hydrogens is 165 g/mol. The zero-order chi connectivity index (χ0) is 10.0. The number of nitrogens with two attached hydrogens (primary N) is 1. The van der Waals surface area contributed by atoms with E-state index in [2.05, 4.69) is 6.58 Å². The van der Waals surface area contributed by atoms with Crippen molar-refractivity contribution in [1.82, 2.24) is 0 Å². The zero-order valence-electron chi connectivity index (χ0n) is 7.97. The second-order valence-electron chi connectivity index (χ2n) is 3.30. The molecule has 0 aliphatic carbocycles. The highest BCUT2D eigenvalue weighted by Crippen LogP contribution is 2.22. The van der Waals surface area contributed by atoms with Gasteiger partial charge in [0, 0.05) is 6.04 Å². The predicted molar refractivity (Wildman–Crippen MR) is 53.7 cm³/mol. The van der Waals surface area contributed by atoms with Gasteiger partial charge < -0.3 is 5.73 Å². The standard InChI is InChI=1S/C11H14FN/c1-7(2)11-6-9(12)4-5-10(11)8(3)13/h4-6,8H,1,13H2,2-3H3. The number of hydrogen-bond donors (Lipinski definition) is 1. The molecule has 1 aromatic rings. The van der Waals surface area contributed by atoms with Crippen molar-refractivity contribution < 1.29 is 4.39 Å². The third-order valence-corrected chi connectivity index (χ3v) is 1.97. The van der Waals surface area contributed by atoms with Crippen LogP contribution >= 0.6 is 0 Å². The second-order valence-corrected chi connectivity index (χ2v) is 3.30. The Balaban J connectivity index is 3.27. The van der Waals surface area contributed by atoms with Crippen molar-refractivity contribution in [2.24, 2.45) is 5.73 Å². The molecule has 70 valence electrons.